The van der Waals surface area contributed by atoms with Gasteiger partial charge in [0, 0.05) is 7.11 Å². The van der Waals surface area contributed by atoms with Crippen LogP contribution in [0.4, 0.5) is 4.39 Å². The van der Waals surface area contributed by atoms with Gasteiger partial charge in [0.25, 0.3) is 0 Å². The molecule has 27 heavy (non-hydrogen) atoms. The second kappa shape index (κ2) is 8.09. The topological polar surface area (TPSA) is 54.0 Å². The van der Waals surface area contributed by atoms with Crippen molar-refractivity contribution in [2.24, 2.45) is 0 Å². The molecule has 6 heteroatoms. The minimum absolute atomic E-state index is 0.171. The van der Waals surface area contributed by atoms with E-state index in [4.69, 9.17) is 18.9 Å². The van der Waals surface area contributed by atoms with Gasteiger partial charge in [-0.1, -0.05) is 30.3 Å². The number of rotatable bonds is 4. The Labute approximate surface area is 158 Å². The summed E-state index contributed by atoms with van der Waals surface area (Å²) in [5.74, 6) is -1.23. The number of halogens is 1. The van der Waals surface area contributed by atoms with Crippen molar-refractivity contribution >= 4 is 5.97 Å². The van der Waals surface area contributed by atoms with Gasteiger partial charge in [-0.3, -0.25) is 0 Å². The Morgan fingerprint density at radius 1 is 1.04 bits per heavy atom. The molecule has 1 saturated carbocycles. The van der Waals surface area contributed by atoms with Crippen LogP contribution in [0, 0.1) is 0 Å². The number of ether oxygens (including phenoxy) is 4. The first-order chi connectivity index (χ1) is 13.2. The molecule has 1 aromatic carbocycles. The third kappa shape index (κ3) is 3.79. The van der Waals surface area contributed by atoms with E-state index in [9.17, 15) is 9.18 Å². The number of methoxy groups -OCH3 is 1. The molecule has 2 aliphatic heterocycles. The largest absolute Gasteiger partial charge is 0.452 e. The van der Waals surface area contributed by atoms with Gasteiger partial charge in [0.15, 0.2) is 6.10 Å². The van der Waals surface area contributed by atoms with E-state index in [1.165, 1.54) is 5.56 Å². The molecule has 4 atom stereocenters. The van der Waals surface area contributed by atoms with Crippen molar-refractivity contribution in [3.05, 3.63) is 47.3 Å². The lowest BCUT2D eigenvalue weighted by molar-refractivity contribution is -0.151. The van der Waals surface area contributed by atoms with E-state index >= 15 is 0 Å². The summed E-state index contributed by atoms with van der Waals surface area (Å²) >= 11 is 0. The first kappa shape index (κ1) is 18.6. The fourth-order valence-corrected chi connectivity index (χ4v) is 4.31. The average molecular weight is 376 g/mol. The van der Waals surface area contributed by atoms with Gasteiger partial charge < -0.3 is 18.9 Å². The Morgan fingerprint density at radius 3 is 2.33 bits per heavy atom. The van der Waals surface area contributed by atoms with Crippen molar-refractivity contribution in [2.75, 3.05) is 20.3 Å². The van der Waals surface area contributed by atoms with Crippen molar-refractivity contribution in [3.8, 4) is 0 Å². The zero-order valence-corrected chi connectivity index (χ0v) is 15.4. The number of benzene rings is 1. The summed E-state index contributed by atoms with van der Waals surface area (Å²) in [6.07, 6.45) is 1.44. The van der Waals surface area contributed by atoms with Crippen LogP contribution in [-0.2, 0) is 23.7 Å². The first-order valence-electron chi connectivity index (χ1n) is 9.57. The van der Waals surface area contributed by atoms with Gasteiger partial charge in [-0.15, -0.1) is 0 Å². The summed E-state index contributed by atoms with van der Waals surface area (Å²) in [5.41, 5.74) is 1.84. The van der Waals surface area contributed by atoms with E-state index in [0.29, 0.717) is 30.9 Å². The predicted octanol–water partition coefficient (Wildman–Crippen LogP) is 3.29. The molecule has 0 amide bonds. The molecule has 5 nitrogen and oxygen atoms in total. The van der Waals surface area contributed by atoms with Crippen LogP contribution < -0.4 is 0 Å². The standard InChI is InChI=1S/C21H25FO5/c1-24-16-11-25-20-17(12-26-19(16)20)27-21(23)18(22)15-9-7-14(8-10-15)13-5-3-2-4-6-13/h2-6,14,16-17,19-20H,7-12H2,1H3/t14?,16-,17-,19-,20-/m1/s1. The fourth-order valence-electron chi connectivity index (χ4n) is 4.31. The number of carbonyl (C=O) groups is 1. The van der Waals surface area contributed by atoms with Crippen LogP contribution in [0.5, 0.6) is 0 Å². The Bertz CT molecular complexity index is 694. The van der Waals surface area contributed by atoms with Gasteiger partial charge in [-0.25, -0.2) is 4.79 Å². The lowest BCUT2D eigenvalue weighted by atomic mass is 9.81. The highest BCUT2D eigenvalue weighted by Crippen LogP contribution is 2.37. The molecule has 146 valence electrons. The molecule has 0 aromatic heterocycles. The number of hydrogen-bond donors (Lipinski definition) is 0. The fraction of sp³-hybridized carbons (Fsp3) is 0.571. The van der Waals surface area contributed by atoms with Crippen LogP contribution >= 0.6 is 0 Å². The Morgan fingerprint density at radius 2 is 1.67 bits per heavy atom. The molecule has 2 saturated heterocycles. The first-order valence-corrected chi connectivity index (χ1v) is 9.57. The molecule has 0 radical (unpaired) electrons. The van der Waals surface area contributed by atoms with Gasteiger partial charge in [-0.2, -0.15) is 4.39 Å². The van der Waals surface area contributed by atoms with Crippen molar-refractivity contribution in [1.29, 1.82) is 0 Å². The molecule has 4 rings (SSSR count). The highest BCUT2D eigenvalue weighted by Gasteiger charge is 2.50. The molecule has 3 fully saturated rings. The monoisotopic (exact) mass is 376 g/mol. The molecular formula is C21H25FO5. The van der Waals surface area contributed by atoms with E-state index in [-0.39, 0.29) is 24.9 Å². The molecule has 0 spiro atoms. The number of fused-ring (bicyclic) bond motifs is 1. The van der Waals surface area contributed by atoms with Crippen LogP contribution in [0.25, 0.3) is 0 Å². The minimum Gasteiger partial charge on any atom is -0.452 e. The second-order valence-corrected chi connectivity index (χ2v) is 7.42. The van der Waals surface area contributed by atoms with Crippen LogP contribution in [-0.4, -0.2) is 50.7 Å². The smallest absolute Gasteiger partial charge is 0.367 e. The van der Waals surface area contributed by atoms with E-state index < -0.39 is 17.9 Å². The maximum Gasteiger partial charge on any atom is 0.367 e. The summed E-state index contributed by atoms with van der Waals surface area (Å²) < 4.78 is 36.5. The van der Waals surface area contributed by atoms with Gasteiger partial charge in [0.2, 0.25) is 5.83 Å². The Hall–Kier alpha value is -1.76. The number of carbonyl (C=O) groups excluding carboxylic acids is 1. The highest BCUT2D eigenvalue weighted by atomic mass is 19.1. The molecule has 0 bridgehead atoms. The molecule has 1 aliphatic carbocycles. The van der Waals surface area contributed by atoms with E-state index in [1.807, 2.05) is 18.2 Å². The van der Waals surface area contributed by atoms with Crippen molar-refractivity contribution < 1.29 is 28.1 Å². The number of esters is 1. The summed E-state index contributed by atoms with van der Waals surface area (Å²) in [5, 5.41) is 0. The summed E-state index contributed by atoms with van der Waals surface area (Å²) in [7, 11) is 1.59. The maximum atomic E-state index is 14.7. The van der Waals surface area contributed by atoms with E-state index in [0.717, 1.165) is 12.8 Å². The summed E-state index contributed by atoms with van der Waals surface area (Å²) in [6.45, 7) is 0.601. The van der Waals surface area contributed by atoms with Gasteiger partial charge in [-0.05, 0) is 42.7 Å². The normalized spacial score (nSPS) is 33.0. The third-order valence-electron chi connectivity index (χ3n) is 5.87. The number of allylic oxidation sites excluding steroid dienone is 1. The summed E-state index contributed by atoms with van der Waals surface area (Å²) in [4.78, 5) is 12.3. The lowest BCUT2D eigenvalue weighted by Crippen LogP contribution is -2.35. The molecule has 0 N–H and O–H groups in total. The minimum atomic E-state index is -0.901. The molecular weight excluding hydrogens is 351 g/mol. The van der Waals surface area contributed by atoms with Gasteiger partial charge in [0.1, 0.15) is 18.3 Å². The van der Waals surface area contributed by atoms with Crippen LogP contribution in [0.3, 0.4) is 0 Å². The summed E-state index contributed by atoms with van der Waals surface area (Å²) in [6, 6.07) is 10.3. The van der Waals surface area contributed by atoms with Crippen molar-refractivity contribution in [3.63, 3.8) is 0 Å². The molecule has 2 heterocycles. The quantitative estimate of drug-likeness (QED) is 0.596. The van der Waals surface area contributed by atoms with Crippen molar-refractivity contribution in [2.45, 2.75) is 56.0 Å². The van der Waals surface area contributed by atoms with E-state index in [2.05, 4.69) is 12.1 Å². The predicted molar refractivity (Wildman–Crippen MR) is 95.9 cm³/mol. The van der Waals surface area contributed by atoms with Crippen molar-refractivity contribution in [1.82, 2.24) is 0 Å². The Kier molecular flexibility index (Phi) is 5.57. The van der Waals surface area contributed by atoms with Crippen LogP contribution in [0.15, 0.2) is 41.7 Å². The maximum absolute atomic E-state index is 14.7. The van der Waals surface area contributed by atoms with Gasteiger partial charge >= 0.3 is 5.97 Å². The average Bonchev–Trinajstić information content (AvgIpc) is 3.31. The second-order valence-electron chi connectivity index (χ2n) is 7.42. The lowest BCUT2D eigenvalue weighted by Gasteiger charge is -2.24. The molecule has 3 aliphatic rings. The van der Waals surface area contributed by atoms with Crippen LogP contribution in [0.1, 0.15) is 37.2 Å². The molecule has 0 unspecified atom stereocenters. The molecule has 1 aromatic rings. The van der Waals surface area contributed by atoms with Gasteiger partial charge in [0.05, 0.1) is 13.2 Å². The van der Waals surface area contributed by atoms with E-state index in [1.54, 1.807) is 7.11 Å². The highest BCUT2D eigenvalue weighted by molar-refractivity contribution is 5.87. The zero-order chi connectivity index (χ0) is 18.8. The van der Waals surface area contributed by atoms with Crippen LogP contribution in [0.2, 0.25) is 0 Å². The third-order valence-corrected chi connectivity index (χ3v) is 5.87. The number of hydrogen-bond acceptors (Lipinski definition) is 5. The zero-order valence-electron chi connectivity index (χ0n) is 15.4. The SMILES string of the molecule is CO[C@@H]1CO[C@H]2[C@@H]1OC[C@H]2OC(=O)C(F)=C1CCC(c2ccccc2)CC1. The Balaban J connectivity index is 1.34.